The third kappa shape index (κ3) is 3.80. The second kappa shape index (κ2) is 6.87. The van der Waals surface area contributed by atoms with Crippen LogP contribution in [0.4, 0.5) is 5.69 Å². The number of pyridine rings is 1. The van der Waals surface area contributed by atoms with E-state index in [0.29, 0.717) is 5.56 Å². The normalized spacial score (nSPS) is 11.7. The van der Waals surface area contributed by atoms with Crippen LogP contribution in [0.2, 0.25) is 0 Å². The number of nitrogens with zero attached hydrogens (tertiary/aromatic N) is 3. The molecule has 0 aliphatic carbocycles. The SMILES string of the molecule is C[C@H](O)c1ccc(C#N)cc1N(C)CCc1ccncc1. The Morgan fingerprint density at radius 1 is 1.29 bits per heavy atom. The number of rotatable bonds is 5. The zero-order valence-electron chi connectivity index (χ0n) is 12.3. The largest absolute Gasteiger partial charge is 0.389 e. The molecule has 1 aromatic heterocycles. The predicted octanol–water partition coefficient (Wildman–Crippen LogP) is 2.69. The summed E-state index contributed by atoms with van der Waals surface area (Å²) in [5.41, 5.74) is 3.56. The molecule has 0 saturated heterocycles. The molecule has 0 aliphatic heterocycles. The highest BCUT2D eigenvalue weighted by atomic mass is 16.3. The lowest BCUT2D eigenvalue weighted by atomic mass is 10.0. The van der Waals surface area contributed by atoms with Crippen molar-refractivity contribution in [2.75, 3.05) is 18.5 Å². The molecular formula is C17H19N3O. The van der Waals surface area contributed by atoms with E-state index in [1.54, 1.807) is 25.4 Å². The van der Waals surface area contributed by atoms with Crippen molar-refractivity contribution in [2.45, 2.75) is 19.4 Å². The first-order chi connectivity index (χ1) is 10.1. The molecule has 2 rings (SSSR count). The molecule has 0 saturated carbocycles. The molecule has 1 heterocycles. The molecule has 0 fully saturated rings. The van der Waals surface area contributed by atoms with Gasteiger partial charge >= 0.3 is 0 Å². The van der Waals surface area contributed by atoms with Crippen molar-refractivity contribution in [2.24, 2.45) is 0 Å². The molecule has 1 atom stereocenters. The maximum atomic E-state index is 9.88. The summed E-state index contributed by atoms with van der Waals surface area (Å²) in [5.74, 6) is 0. The number of nitriles is 1. The number of aliphatic hydroxyl groups is 1. The topological polar surface area (TPSA) is 60.1 Å². The average molecular weight is 281 g/mol. The summed E-state index contributed by atoms with van der Waals surface area (Å²) in [6.45, 7) is 2.54. The number of benzene rings is 1. The van der Waals surface area contributed by atoms with Crippen LogP contribution in [0.1, 0.15) is 29.7 Å². The van der Waals surface area contributed by atoms with E-state index in [-0.39, 0.29) is 0 Å². The van der Waals surface area contributed by atoms with E-state index in [4.69, 9.17) is 5.26 Å². The third-order valence-corrected chi connectivity index (χ3v) is 3.51. The van der Waals surface area contributed by atoms with Crippen molar-refractivity contribution in [3.05, 3.63) is 59.4 Å². The van der Waals surface area contributed by atoms with Gasteiger partial charge in [0.05, 0.1) is 17.7 Å². The Balaban J connectivity index is 2.17. The highest BCUT2D eigenvalue weighted by Gasteiger charge is 2.12. The van der Waals surface area contributed by atoms with Gasteiger partial charge in [-0.15, -0.1) is 0 Å². The molecule has 0 unspecified atom stereocenters. The molecule has 4 nitrogen and oxygen atoms in total. The molecule has 0 aliphatic rings. The molecule has 0 bridgehead atoms. The van der Waals surface area contributed by atoms with Gasteiger partial charge in [-0.05, 0) is 43.2 Å². The fourth-order valence-electron chi connectivity index (χ4n) is 2.26. The Kier molecular flexibility index (Phi) is 4.91. The number of aliphatic hydroxyl groups excluding tert-OH is 1. The third-order valence-electron chi connectivity index (χ3n) is 3.51. The second-order valence-corrected chi connectivity index (χ2v) is 5.09. The summed E-state index contributed by atoms with van der Waals surface area (Å²) in [5, 5.41) is 18.9. The molecule has 4 heteroatoms. The lowest BCUT2D eigenvalue weighted by molar-refractivity contribution is 0.199. The first-order valence-electron chi connectivity index (χ1n) is 6.94. The summed E-state index contributed by atoms with van der Waals surface area (Å²) >= 11 is 0. The lowest BCUT2D eigenvalue weighted by Crippen LogP contribution is -2.22. The van der Waals surface area contributed by atoms with Crippen LogP contribution in [0.25, 0.3) is 0 Å². The zero-order valence-corrected chi connectivity index (χ0v) is 12.3. The summed E-state index contributed by atoms with van der Waals surface area (Å²) in [6, 6.07) is 11.5. The molecule has 0 amide bonds. The minimum atomic E-state index is -0.559. The van der Waals surface area contributed by atoms with Gasteiger partial charge < -0.3 is 10.0 Å². The molecule has 1 N–H and O–H groups in total. The summed E-state index contributed by atoms with van der Waals surface area (Å²) in [4.78, 5) is 6.08. The van der Waals surface area contributed by atoms with Crippen LogP contribution in [0.3, 0.4) is 0 Å². The summed E-state index contributed by atoms with van der Waals surface area (Å²) < 4.78 is 0. The van der Waals surface area contributed by atoms with Crippen molar-refractivity contribution < 1.29 is 5.11 Å². The van der Waals surface area contributed by atoms with Gasteiger partial charge in [0.15, 0.2) is 0 Å². The zero-order chi connectivity index (χ0) is 15.2. The van der Waals surface area contributed by atoms with E-state index in [1.807, 2.05) is 31.3 Å². The summed E-state index contributed by atoms with van der Waals surface area (Å²) in [6.07, 6.45) is 3.89. The Hall–Kier alpha value is -2.38. The predicted molar refractivity (Wildman–Crippen MR) is 83.0 cm³/mol. The summed E-state index contributed by atoms with van der Waals surface area (Å²) in [7, 11) is 1.98. The standard InChI is InChI=1S/C17H19N3O/c1-13(21)16-4-3-15(12-18)11-17(16)20(2)10-7-14-5-8-19-9-6-14/h3-6,8-9,11,13,21H,7,10H2,1-2H3/t13-/m0/s1. The van der Waals surface area contributed by atoms with Crippen molar-refractivity contribution in [1.82, 2.24) is 4.98 Å². The lowest BCUT2D eigenvalue weighted by Gasteiger charge is -2.24. The monoisotopic (exact) mass is 281 g/mol. The number of hydrogen-bond acceptors (Lipinski definition) is 4. The Morgan fingerprint density at radius 3 is 2.62 bits per heavy atom. The van der Waals surface area contributed by atoms with E-state index in [1.165, 1.54) is 5.56 Å². The van der Waals surface area contributed by atoms with Crippen LogP contribution < -0.4 is 4.90 Å². The van der Waals surface area contributed by atoms with Gasteiger partial charge in [-0.3, -0.25) is 4.98 Å². The highest BCUT2D eigenvalue weighted by molar-refractivity contribution is 5.58. The number of anilines is 1. The van der Waals surface area contributed by atoms with E-state index in [0.717, 1.165) is 24.2 Å². The van der Waals surface area contributed by atoms with E-state index in [9.17, 15) is 5.11 Å². The van der Waals surface area contributed by atoms with E-state index >= 15 is 0 Å². The Labute approximate surface area is 125 Å². The van der Waals surface area contributed by atoms with Gasteiger partial charge in [0.25, 0.3) is 0 Å². The Morgan fingerprint density at radius 2 is 2.00 bits per heavy atom. The molecule has 108 valence electrons. The van der Waals surface area contributed by atoms with Gasteiger partial charge in [-0.25, -0.2) is 0 Å². The fraction of sp³-hybridized carbons (Fsp3) is 0.294. The Bertz CT molecular complexity index is 632. The first kappa shape index (κ1) is 15.0. The van der Waals surface area contributed by atoms with Gasteiger partial charge in [0.1, 0.15) is 0 Å². The van der Waals surface area contributed by atoms with Crippen LogP contribution in [0, 0.1) is 11.3 Å². The fourth-order valence-corrected chi connectivity index (χ4v) is 2.26. The minimum absolute atomic E-state index is 0.559. The molecule has 2 aromatic rings. The van der Waals surface area contributed by atoms with Crippen LogP contribution in [-0.2, 0) is 6.42 Å². The van der Waals surface area contributed by atoms with E-state index < -0.39 is 6.10 Å². The quantitative estimate of drug-likeness (QED) is 0.915. The minimum Gasteiger partial charge on any atom is -0.389 e. The van der Waals surface area contributed by atoms with Crippen molar-refractivity contribution in [3.63, 3.8) is 0 Å². The maximum Gasteiger partial charge on any atom is 0.0992 e. The highest BCUT2D eigenvalue weighted by Crippen LogP contribution is 2.27. The van der Waals surface area contributed by atoms with Crippen LogP contribution >= 0.6 is 0 Å². The molecule has 0 radical (unpaired) electrons. The van der Waals surface area contributed by atoms with Crippen LogP contribution in [0.5, 0.6) is 0 Å². The van der Waals surface area contributed by atoms with Gasteiger partial charge in [0, 0.05) is 37.2 Å². The molecule has 1 aromatic carbocycles. The van der Waals surface area contributed by atoms with E-state index in [2.05, 4.69) is 16.0 Å². The second-order valence-electron chi connectivity index (χ2n) is 5.09. The molecule has 0 spiro atoms. The van der Waals surface area contributed by atoms with Gasteiger partial charge in [-0.1, -0.05) is 6.07 Å². The van der Waals surface area contributed by atoms with Gasteiger partial charge in [0.2, 0.25) is 0 Å². The molecule has 21 heavy (non-hydrogen) atoms. The maximum absolute atomic E-state index is 9.88. The number of hydrogen-bond donors (Lipinski definition) is 1. The smallest absolute Gasteiger partial charge is 0.0992 e. The number of likely N-dealkylation sites (N-methyl/N-ethyl adjacent to an activating group) is 1. The molecular weight excluding hydrogens is 262 g/mol. The van der Waals surface area contributed by atoms with Crippen molar-refractivity contribution in [3.8, 4) is 6.07 Å². The van der Waals surface area contributed by atoms with Crippen molar-refractivity contribution in [1.29, 1.82) is 5.26 Å². The first-order valence-corrected chi connectivity index (χ1v) is 6.94. The number of aromatic nitrogens is 1. The van der Waals surface area contributed by atoms with Crippen LogP contribution in [0.15, 0.2) is 42.7 Å². The van der Waals surface area contributed by atoms with Crippen LogP contribution in [-0.4, -0.2) is 23.7 Å². The van der Waals surface area contributed by atoms with Crippen molar-refractivity contribution >= 4 is 5.69 Å². The average Bonchev–Trinajstić information content (AvgIpc) is 2.52. The van der Waals surface area contributed by atoms with Gasteiger partial charge in [-0.2, -0.15) is 5.26 Å².